The molecule has 2 atom stereocenters. The van der Waals surface area contributed by atoms with Crippen LogP contribution in [0, 0.1) is 12.7 Å². The zero-order chi connectivity index (χ0) is 25.9. The SMILES string of the molecule is COc1cc2ncnc(Nc3ccc(F)c(C)c3)c2cc1CC(=O)/C(F)=C/CN1C[C@@H]2OCCO[C@@H]2C1. The van der Waals surface area contributed by atoms with Gasteiger partial charge in [0.05, 0.1) is 38.0 Å². The zero-order valence-electron chi connectivity index (χ0n) is 20.7. The van der Waals surface area contributed by atoms with E-state index < -0.39 is 11.6 Å². The number of carbonyl (C=O) groups excluding carboxylic acids is 1. The highest BCUT2D eigenvalue weighted by Gasteiger charge is 2.36. The molecular formula is C27H28F2N4O4. The Morgan fingerprint density at radius 1 is 1.19 bits per heavy atom. The Morgan fingerprint density at radius 2 is 1.95 bits per heavy atom. The first-order valence-corrected chi connectivity index (χ1v) is 12.1. The van der Waals surface area contributed by atoms with Crippen molar-refractivity contribution >= 4 is 28.2 Å². The number of hydrogen-bond donors (Lipinski definition) is 1. The van der Waals surface area contributed by atoms with Crippen molar-refractivity contribution < 1.29 is 27.8 Å². The molecule has 0 aliphatic carbocycles. The number of benzene rings is 2. The van der Waals surface area contributed by atoms with Crippen LogP contribution in [0.5, 0.6) is 5.75 Å². The number of anilines is 2. The van der Waals surface area contributed by atoms with Gasteiger partial charge in [-0.3, -0.25) is 9.69 Å². The fourth-order valence-electron chi connectivity index (χ4n) is 4.68. The van der Waals surface area contributed by atoms with Gasteiger partial charge in [-0.1, -0.05) is 0 Å². The Hall–Kier alpha value is -3.47. The standard InChI is InChI=1S/C27H28F2N4O4/c1-16-9-18(3-4-20(16)28)32-27-19-10-17(24(35-2)12-22(19)30-15-31-27)11-23(34)21(29)5-6-33-13-25-26(14-33)37-8-7-36-25/h3-5,9-10,12,15,25-26H,6-8,11,13-14H2,1-2H3,(H,30,31,32)/b21-5-/t25-,26+. The first kappa shape index (κ1) is 25.2. The highest BCUT2D eigenvalue weighted by Crippen LogP contribution is 2.31. The van der Waals surface area contributed by atoms with Crippen LogP contribution in [-0.2, 0) is 20.7 Å². The zero-order valence-corrected chi connectivity index (χ0v) is 20.7. The minimum absolute atomic E-state index is 0.00776. The normalized spacial score (nSPS) is 20.2. The molecule has 8 nitrogen and oxygen atoms in total. The van der Waals surface area contributed by atoms with Gasteiger partial charge in [0.1, 0.15) is 23.7 Å². The van der Waals surface area contributed by atoms with Crippen LogP contribution in [0.3, 0.4) is 0 Å². The molecular weight excluding hydrogens is 482 g/mol. The summed E-state index contributed by atoms with van der Waals surface area (Å²) in [5.74, 6) is -0.855. The van der Waals surface area contributed by atoms with Crippen LogP contribution in [0.2, 0.25) is 0 Å². The largest absolute Gasteiger partial charge is 0.496 e. The molecule has 3 aromatic rings. The number of aryl methyl sites for hydroxylation is 1. The molecule has 2 aliphatic rings. The predicted octanol–water partition coefficient (Wildman–Crippen LogP) is 3.89. The van der Waals surface area contributed by atoms with E-state index in [2.05, 4.69) is 15.3 Å². The fourth-order valence-corrected chi connectivity index (χ4v) is 4.68. The van der Waals surface area contributed by atoms with Gasteiger partial charge in [0.2, 0.25) is 0 Å². The minimum Gasteiger partial charge on any atom is -0.496 e. The third-order valence-electron chi connectivity index (χ3n) is 6.64. The van der Waals surface area contributed by atoms with Gasteiger partial charge in [-0.05, 0) is 42.8 Å². The molecule has 2 fully saturated rings. The molecule has 2 aliphatic heterocycles. The van der Waals surface area contributed by atoms with Crippen LogP contribution in [0.1, 0.15) is 11.1 Å². The van der Waals surface area contributed by atoms with E-state index in [1.54, 1.807) is 31.2 Å². The number of carbonyl (C=O) groups is 1. The molecule has 1 N–H and O–H groups in total. The molecule has 0 bridgehead atoms. The maximum atomic E-state index is 14.8. The molecule has 37 heavy (non-hydrogen) atoms. The Kier molecular flexibility index (Phi) is 7.40. The molecule has 10 heteroatoms. The van der Waals surface area contributed by atoms with E-state index in [0.717, 1.165) is 0 Å². The van der Waals surface area contributed by atoms with E-state index in [9.17, 15) is 13.6 Å². The lowest BCUT2D eigenvalue weighted by molar-refractivity contribution is -0.116. The summed E-state index contributed by atoms with van der Waals surface area (Å²) in [5, 5.41) is 3.80. The lowest BCUT2D eigenvalue weighted by atomic mass is 10.0. The summed E-state index contributed by atoms with van der Waals surface area (Å²) in [6.45, 7) is 4.39. The van der Waals surface area contributed by atoms with E-state index in [4.69, 9.17) is 14.2 Å². The van der Waals surface area contributed by atoms with Crippen LogP contribution in [0.25, 0.3) is 10.9 Å². The molecule has 3 heterocycles. The number of ketones is 1. The lowest BCUT2D eigenvalue weighted by Crippen LogP contribution is -2.36. The van der Waals surface area contributed by atoms with Crippen molar-refractivity contribution in [2.24, 2.45) is 0 Å². The summed E-state index contributed by atoms with van der Waals surface area (Å²) in [5.41, 5.74) is 2.23. The Balaban J connectivity index is 1.33. The van der Waals surface area contributed by atoms with Crippen LogP contribution >= 0.6 is 0 Å². The predicted molar refractivity (Wildman–Crippen MR) is 134 cm³/mol. The molecule has 0 amide bonds. The molecule has 0 saturated carbocycles. The molecule has 1 aromatic heterocycles. The molecule has 5 rings (SSSR count). The van der Waals surface area contributed by atoms with Gasteiger partial charge in [-0.2, -0.15) is 0 Å². The molecule has 194 valence electrons. The van der Waals surface area contributed by atoms with Crippen LogP contribution < -0.4 is 10.1 Å². The van der Waals surface area contributed by atoms with Crippen molar-refractivity contribution in [1.82, 2.24) is 14.9 Å². The Bertz CT molecular complexity index is 1340. The van der Waals surface area contributed by atoms with Crippen molar-refractivity contribution in [3.8, 4) is 5.75 Å². The number of methoxy groups -OCH3 is 1. The van der Waals surface area contributed by atoms with E-state index >= 15 is 0 Å². The molecule has 0 unspecified atom stereocenters. The van der Waals surface area contributed by atoms with E-state index in [-0.39, 0.29) is 24.4 Å². The number of allylic oxidation sites excluding steroid dienone is 1. The van der Waals surface area contributed by atoms with Crippen molar-refractivity contribution in [1.29, 1.82) is 0 Å². The number of nitrogens with zero attached hydrogens (tertiary/aromatic N) is 3. The number of aromatic nitrogens is 2. The van der Waals surface area contributed by atoms with E-state index in [0.29, 0.717) is 72.1 Å². The third-order valence-corrected chi connectivity index (χ3v) is 6.64. The number of halogens is 2. The van der Waals surface area contributed by atoms with Gasteiger partial charge in [-0.15, -0.1) is 0 Å². The highest BCUT2D eigenvalue weighted by molar-refractivity contribution is 5.97. The minimum atomic E-state index is -0.802. The monoisotopic (exact) mass is 510 g/mol. The summed E-state index contributed by atoms with van der Waals surface area (Å²) in [6, 6.07) is 8.06. The van der Waals surface area contributed by atoms with Gasteiger partial charge in [0, 0.05) is 48.8 Å². The van der Waals surface area contributed by atoms with Crippen molar-refractivity contribution in [2.45, 2.75) is 25.6 Å². The number of rotatable bonds is 8. The van der Waals surface area contributed by atoms with E-state index in [1.165, 1.54) is 25.6 Å². The van der Waals surface area contributed by atoms with Crippen LogP contribution in [0.15, 0.2) is 48.6 Å². The second kappa shape index (κ2) is 10.9. The lowest BCUT2D eigenvalue weighted by Gasteiger charge is -2.24. The molecule has 0 radical (unpaired) electrons. The van der Waals surface area contributed by atoms with Gasteiger partial charge < -0.3 is 19.5 Å². The second-order valence-electron chi connectivity index (χ2n) is 9.18. The maximum absolute atomic E-state index is 14.8. The van der Waals surface area contributed by atoms with Gasteiger partial charge >= 0.3 is 0 Å². The Labute approximate surface area is 213 Å². The second-order valence-corrected chi connectivity index (χ2v) is 9.18. The molecule has 0 spiro atoms. The highest BCUT2D eigenvalue weighted by atomic mass is 19.1. The number of hydrogen-bond acceptors (Lipinski definition) is 8. The van der Waals surface area contributed by atoms with Crippen LogP contribution in [0.4, 0.5) is 20.3 Å². The van der Waals surface area contributed by atoms with Crippen molar-refractivity contribution in [3.05, 3.63) is 65.5 Å². The number of fused-ring (bicyclic) bond motifs is 2. The fraction of sp³-hybridized carbons (Fsp3) is 0.370. The summed E-state index contributed by atoms with van der Waals surface area (Å²) >= 11 is 0. The third kappa shape index (κ3) is 5.61. The summed E-state index contributed by atoms with van der Waals surface area (Å²) in [6.07, 6.45) is 2.50. The number of nitrogens with one attached hydrogen (secondary N) is 1. The number of Topliss-reactive ketones (excluding diaryl/α,β-unsaturated/α-hetero) is 1. The smallest absolute Gasteiger partial charge is 0.195 e. The average Bonchev–Trinajstić information content (AvgIpc) is 3.32. The van der Waals surface area contributed by atoms with Crippen LogP contribution in [-0.4, -0.2) is 72.8 Å². The van der Waals surface area contributed by atoms with E-state index in [1.807, 2.05) is 4.90 Å². The summed E-state index contributed by atoms with van der Waals surface area (Å²) in [7, 11) is 1.49. The van der Waals surface area contributed by atoms with Crippen molar-refractivity contribution in [2.75, 3.05) is 45.3 Å². The average molecular weight is 511 g/mol. The Morgan fingerprint density at radius 3 is 2.65 bits per heavy atom. The van der Waals surface area contributed by atoms with Gasteiger partial charge in [-0.25, -0.2) is 18.7 Å². The molecule has 2 aromatic carbocycles. The number of ether oxygens (including phenoxy) is 3. The van der Waals surface area contributed by atoms with Crippen molar-refractivity contribution in [3.63, 3.8) is 0 Å². The van der Waals surface area contributed by atoms with Gasteiger partial charge in [0.15, 0.2) is 11.6 Å². The quantitative estimate of drug-likeness (QED) is 0.457. The molecule has 2 saturated heterocycles. The topological polar surface area (TPSA) is 85.8 Å². The first-order chi connectivity index (χ1) is 17.9. The van der Waals surface area contributed by atoms with Gasteiger partial charge in [0.25, 0.3) is 0 Å². The maximum Gasteiger partial charge on any atom is 0.195 e. The summed E-state index contributed by atoms with van der Waals surface area (Å²) < 4.78 is 45.3. The number of likely N-dealkylation sites (tertiary alicyclic amines) is 1. The summed E-state index contributed by atoms with van der Waals surface area (Å²) in [4.78, 5) is 23.4. The first-order valence-electron chi connectivity index (χ1n) is 12.1.